The number of hydrogen-bond acceptors (Lipinski definition) is 3. The molecule has 0 aliphatic rings. The van der Waals surface area contributed by atoms with Crippen molar-refractivity contribution in [1.29, 1.82) is 0 Å². The highest BCUT2D eigenvalue weighted by atomic mass is 127. The lowest BCUT2D eigenvalue weighted by atomic mass is 10.2. The highest BCUT2D eigenvalue weighted by molar-refractivity contribution is 14.1. The van der Waals surface area contributed by atoms with Gasteiger partial charge in [0.25, 0.3) is 5.91 Å². The van der Waals surface area contributed by atoms with Crippen molar-refractivity contribution >= 4 is 54.5 Å². The molecule has 1 rings (SSSR count). The van der Waals surface area contributed by atoms with Gasteiger partial charge >= 0.3 is 15.4 Å². The van der Waals surface area contributed by atoms with Crippen molar-refractivity contribution in [3.8, 4) is 0 Å². The quantitative estimate of drug-likeness (QED) is 0.480. The van der Waals surface area contributed by atoms with Crippen LogP contribution in [0, 0.1) is 3.57 Å². The molecule has 0 spiro atoms. The molecular weight excluding hydrogens is 494 g/mol. The highest BCUT2D eigenvalue weighted by Gasteiger charge is 2.52. The van der Waals surface area contributed by atoms with Crippen molar-refractivity contribution in [1.82, 2.24) is 5.32 Å². The number of hydrogen-bond donors (Lipinski definition) is 2. The summed E-state index contributed by atoms with van der Waals surface area (Å²) in [7, 11) is -5.86. The van der Waals surface area contributed by atoms with E-state index in [0.29, 0.717) is 8.04 Å². The molecule has 1 amide bonds. The van der Waals surface area contributed by atoms with Crippen LogP contribution < -0.4 is 5.32 Å². The Balaban J connectivity index is 3.04. The van der Waals surface area contributed by atoms with Crippen LogP contribution in [-0.4, -0.2) is 36.8 Å². The molecule has 1 aromatic carbocycles. The number of nitrogens with one attached hydrogen (secondary N) is 1. The average molecular weight is 502 g/mol. The Morgan fingerprint density at radius 2 is 2.00 bits per heavy atom. The van der Waals surface area contributed by atoms with E-state index in [9.17, 15) is 26.4 Å². The standard InChI is InChI=1S/C10H8BrF3INO4S/c11-6-1-5(2-7(15)3-6)9(17)16-8(4-12)10(13,14)21(18,19)20/h1-3,8H,4H2,(H,16,17)(H,18,19,20). The highest BCUT2D eigenvalue weighted by Crippen LogP contribution is 2.26. The van der Waals surface area contributed by atoms with Crippen LogP contribution in [0.15, 0.2) is 22.7 Å². The van der Waals surface area contributed by atoms with E-state index in [-0.39, 0.29) is 5.56 Å². The van der Waals surface area contributed by atoms with Gasteiger partial charge in [-0.3, -0.25) is 9.35 Å². The van der Waals surface area contributed by atoms with Gasteiger partial charge in [-0.1, -0.05) is 15.9 Å². The van der Waals surface area contributed by atoms with E-state index in [0.717, 1.165) is 0 Å². The lowest BCUT2D eigenvalue weighted by Crippen LogP contribution is -2.53. The molecule has 0 aromatic heterocycles. The Bertz CT molecular complexity index is 635. The number of alkyl halides is 3. The lowest BCUT2D eigenvalue weighted by molar-refractivity contribution is 0.0271. The molecule has 0 aliphatic carbocycles. The van der Waals surface area contributed by atoms with Crippen LogP contribution in [0.25, 0.3) is 0 Å². The zero-order chi connectivity index (χ0) is 16.4. The van der Waals surface area contributed by atoms with Gasteiger partial charge in [0.15, 0.2) is 0 Å². The van der Waals surface area contributed by atoms with E-state index in [1.165, 1.54) is 12.1 Å². The monoisotopic (exact) mass is 501 g/mol. The van der Waals surface area contributed by atoms with Crippen molar-refractivity contribution in [3.05, 3.63) is 31.8 Å². The van der Waals surface area contributed by atoms with E-state index in [1.54, 1.807) is 11.4 Å². The average Bonchev–Trinajstić information content (AvgIpc) is 2.32. The number of carbonyl (C=O) groups excluding carboxylic acids is 1. The van der Waals surface area contributed by atoms with Gasteiger partial charge in [-0.05, 0) is 40.8 Å². The third kappa shape index (κ3) is 4.53. The molecule has 21 heavy (non-hydrogen) atoms. The van der Waals surface area contributed by atoms with Gasteiger partial charge in [0.1, 0.15) is 12.7 Å². The first-order chi connectivity index (χ1) is 9.49. The number of halogens is 5. The minimum Gasteiger partial charge on any atom is -0.340 e. The molecule has 5 nitrogen and oxygen atoms in total. The zero-order valence-corrected chi connectivity index (χ0v) is 14.5. The van der Waals surface area contributed by atoms with Crippen LogP contribution in [0.5, 0.6) is 0 Å². The second kappa shape index (κ2) is 6.79. The van der Waals surface area contributed by atoms with E-state index in [4.69, 9.17) is 4.55 Å². The molecule has 0 fully saturated rings. The van der Waals surface area contributed by atoms with Crippen LogP contribution in [0.1, 0.15) is 10.4 Å². The van der Waals surface area contributed by atoms with Crippen LogP contribution in [0.4, 0.5) is 13.2 Å². The van der Waals surface area contributed by atoms with Crippen molar-refractivity contribution in [2.75, 3.05) is 6.67 Å². The van der Waals surface area contributed by atoms with E-state index in [2.05, 4.69) is 15.9 Å². The molecule has 118 valence electrons. The first-order valence-corrected chi connectivity index (χ1v) is 8.48. The molecule has 0 aliphatic heterocycles. The van der Waals surface area contributed by atoms with Gasteiger partial charge in [0, 0.05) is 13.6 Å². The molecule has 2 N–H and O–H groups in total. The van der Waals surface area contributed by atoms with Gasteiger partial charge in [-0.2, -0.15) is 17.2 Å². The minimum atomic E-state index is -5.86. The fourth-order valence-corrected chi connectivity index (χ4v) is 3.39. The first kappa shape index (κ1) is 18.6. The summed E-state index contributed by atoms with van der Waals surface area (Å²) >= 11 is 4.96. The van der Waals surface area contributed by atoms with Crippen LogP contribution in [0.2, 0.25) is 0 Å². The maximum absolute atomic E-state index is 13.3. The lowest BCUT2D eigenvalue weighted by Gasteiger charge is -2.22. The molecule has 1 aromatic rings. The smallest absolute Gasteiger partial charge is 0.340 e. The van der Waals surface area contributed by atoms with Crippen molar-refractivity contribution in [2.24, 2.45) is 0 Å². The van der Waals surface area contributed by atoms with E-state index >= 15 is 0 Å². The van der Waals surface area contributed by atoms with Crippen LogP contribution in [-0.2, 0) is 10.1 Å². The Hall–Kier alpha value is -0.400. The van der Waals surface area contributed by atoms with Crippen molar-refractivity contribution in [2.45, 2.75) is 11.3 Å². The molecule has 0 saturated heterocycles. The Morgan fingerprint density at radius 1 is 1.43 bits per heavy atom. The SMILES string of the molecule is O=C(NC(CF)C(F)(F)S(=O)(=O)O)c1cc(Br)cc(I)c1. The van der Waals surface area contributed by atoms with E-state index in [1.807, 2.05) is 22.6 Å². The number of amides is 1. The maximum Gasteiger partial charge on any atom is 0.391 e. The molecule has 0 radical (unpaired) electrons. The van der Waals surface area contributed by atoms with Gasteiger partial charge in [0.05, 0.1) is 0 Å². The zero-order valence-electron chi connectivity index (χ0n) is 9.99. The molecule has 0 bridgehead atoms. The summed E-state index contributed by atoms with van der Waals surface area (Å²) in [6.45, 7) is -1.87. The minimum absolute atomic E-state index is 0.0710. The summed E-state index contributed by atoms with van der Waals surface area (Å²) in [5, 5.41) is -3.28. The molecule has 11 heteroatoms. The van der Waals surface area contributed by atoms with Gasteiger partial charge in [0.2, 0.25) is 0 Å². The molecule has 0 heterocycles. The summed E-state index contributed by atoms with van der Waals surface area (Å²) in [5.41, 5.74) is -0.0710. The topological polar surface area (TPSA) is 83.5 Å². The summed E-state index contributed by atoms with van der Waals surface area (Å²) in [5.74, 6) is -1.10. The second-order valence-electron chi connectivity index (χ2n) is 3.88. The largest absolute Gasteiger partial charge is 0.391 e. The Kier molecular flexibility index (Phi) is 6.03. The Labute approximate surface area is 140 Å². The van der Waals surface area contributed by atoms with E-state index < -0.39 is 34.0 Å². The maximum atomic E-state index is 13.3. The fourth-order valence-electron chi connectivity index (χ4n) is 1.32. The number of benzene rings is 1. The third-order valence-corrected chi connectivity index (χ3v) is 4.39. The summed E-state index contributed by atoms with van der Waals surface area (Å²) in [4.78, 5) is 11.8. The normalized spacial score (nSPS) is 13.8. The molecular formula is C10H8BrF3INO4S. The predicted molar refractivity (Wildman–Crippen MR) is 80.6 cm³/mol. The molecule has 1 unspecified atom stereocenters. The van der Waals surface area contributed by atoms with Crippen LogP contribution >= 0.6 is 38.5 Å². The summed E-state index contributed by atoms with van der Waals surface area (Å²) in [6.07, 6.45) is 0. The first-order valence-electron chi connectivity index (χ1n) is 5.16. The summed E-state index contributed by atoms with van der Waals surface area (Å²) < 4.78 is 69.9. The molecule has 0 saturated carbocycles. The Morgan fingerprint density at radius 3 is 2.43 bits per heavy atom. The fraction of sp³-hybridized carbons (Fsp3) is 0.300. The third-order valence-electron chi connectivity index (χ3n) is 2.33. The van der Waals surface area contributed by atoms with Gasteiger partial charge < -0.3 is 5.32 Å². The van der Waals surface area contributed by atoms with Gasteiger partial charge in [-0.25, -0.2) is 4.39 Å². The number of rotatable bonds is 5. The van der Waals surface area contributed by atoms with Crippen LogP contribution in [0.3, 0.4) is 0 Å². The molecule has 1 atom stereocenters. The number of carbonyl (C=O) groups is 1. The van der Waals surface area contributed by atoms with Crippen molar-refractivity contribution in [3.63, 3.8) is 0 Å². The van der Waals surface area contributed by atoms with Crippen molar-refractivity contribution < 1.29 is 30.9 Å². The van der Waals surface area contributed by atoms with Gasteiger partial charge in [-0.15, -0.1) is 0 Å². The predicted octanol–water partition coefficient (Wildman–Crippen LogP) is 2.60. The second-order valence-corrected chi connectivity index (χ2v) is 7.53. The summed E-state index contributed by atoms with van der Waals surface area (Å²) in [6, 6.07) is 1.56.